The topological polar surface area (TPSA) is 75.4 Å². The van der Waals surface area contributed by atoms with Gasteiger partial charge in [0.25, 0.3) is 5.91 Å². The Labute approximate surface area is 166 Å². The molecule has 1 aromatic carbocycles. The molecule has 6 nitrogen and oxygen atoms in total. The van der Waals surface area contributed by atoms with E-state index in [0.29, 0.717) is 5.76 Å². The molecular formula is C20H22F3N3O3. The van der Waals surface area contributed by atoms with Gasteiger partial charge in [-0.25, -0.2) is 0 Å². The van der Waals surface area contributed by atoms with Crippen LogP contribution in [0.15, 0.2) is 34.9 Å². The zero-order valence-corrected chi connectivity index (χ0v) is 16.0. The van der Waals surface area contributed by atoms with E-state index in [0.717, 1.165) is 56.4 Å². The molecule has 1 aromatic heterocycles. The largest absolute Gasteiger partial charge is 0.416 e. The minimum Gasteiger partial charge on any atom is -0.360 e. The predicted molar refractivity (Wildman–Crippen MR) is 99.2 cm³/mol. The van der Waals surface area contributed by atoms with E-state index in [2.05, 4.69) is 10.5 Å². The third-order valence-electron chi connectivity index (χ3n) is 4.94. The van der Waals surface area contributed by atoms with E-state index < -0.39 is 23.6 Å². The van der Waals surface area contributed by atoms with Crippen LogP contribution in [0.4, 0.5) is 19.0 Å². The number of hydrogen-bond donors (Lipinski definition) is 1. The number of hydrogen-bond acceptors (Lipinski definition) is 4. The molecule has 156 valence electrons. The summed E-state index contributed by atoms with van der Waals surface area (Å²) in [5, 5.41) is 6.28. The van der Waals surface area contributed by atoms with E-state index in [1.165, 1.54) is 4.90 Å². The number of anilines is 1. The molecule has 1 heterocycles. The first-order valence-electron chi connectivity index (χ1n) is 9.45. The Kier molecular flexibility index (Phi) is 6.24. The Morgan fingerprint density at radius 3 is 2.38 bits per heavy atom. The second-order valence-corrected chi connectivity index (χ2v) is 7.17. The van der Waals surface area contributed by atoms with Crippen molar-refractivity contribution in [1.29, 1.82) is 0 Å². The summed E-state index contributed by atoms with van der Waals surface area (Å²) in [7, 11) is 0. The number of aryl methyl sites for hydroxylation is 1. The van der Waals surface area contributed by atoms with Gasteiger partial charge in [0.2, 0.25) is 5.91 Å². The van der Waals surface area contributed by atoms with Crippen molar-refractivity contribution in [1.82, 2.24) is 10.1 Å². The Hall–Kier alpha value is -2.84. The Morgan fingerprint density at radius 1 is 1.17 bits per heavy atom. The molecular weight excluding hydrogens is 387 g/mol. The van der Waals surface area contributed by atoms with Crippen molar-refractivity contribution in [3.05, 3.63) is 47.2 Å². The van der Waals surface area contributed by atoms with Crippen LogP contribution in [-0.2, 0) is 11.0 Å². The second-order valence-electron chi connectivity index (χ2n) is 7.17. The second kappa shape index (κ2) is 8.67. The monoisotopic (exact) mass is 409 g/mol. The van der Waals surface area contributed by atoms with Crippen molar-refractivity contribution in [3.63, 3.8) is 0 Å². The normalized spacial score (nSPS) is 15.2. The number of halogens is 3. The highest BCUT2D eigenvalue weighted by Crippen LogP contribution is 2.30. The molecule has 1 aliphatic carbocycles. The molecule has 0 unspecified atom stereocenters. The standard InChI is InChI=1S/C20H22F3N3O3/c1-13-11-17(25-29-13)24-18(27)12-26(16-5-3-2-4-6-16)19(28)14-7-9-15(10-8-14)20(21,22)23/h7-11,16H,2-6,12H2,1H3,(H,24,25,27). The molecule has 1 saturated carbocycles. The number of amides is 2. The number of rotatable bonds is 5. The van der Waals surface area contributed by atoms with Gasteiger partial charge in [0.05, 0.1) is 5.56 Å². The molecule has 1 N–H and O–H groups in total. The molecule has 0 saturated heterocycles. The summed E-state index contributed by atoms with van der Waals surface area (Å²) >= 11 is 0. The van der Waals surface area contributed by atoms with Crippen LogP contribution in [0, 0.1) is 6.92 Å². The summed E-state index contributed by atoms with van der Waals surface area (Å²) in [5.41, 5.74) is -0.703. The highest BCUT2D eigenvalue weighted by Gasteiger charge is 2.32. The minimum absolute atomic E-state index is 0.119. The van der Waals surface area contributed by atoms with Crippen molar-refractivity contribution in [3.8, 4) is 0 Å². The number of carbonyl (C=O) groups is 2. The molecule has 0 bridgehead atoms. The molecule has 3 rings (SSSR count). The Balaban J connectivity index is 1.77. The predicted octanol–water partition coefficient (Wildman–Crippen LogP) is 4.42. The van der Waals surface area contributed by atoms with Gasteiger partial charge in [0.15, 0.2) is 5.82 Å². The lowest BCUT2D eigenvalue weighted by Crippen LogP contribution is -2.45. The molecule has 0 radical (unpaired) electrons. The van der Waals surface area contributed by atoms with Gasteiger partial charge in [-0.1, -0.05) is 24.4 Å². The van der Waals surface area contributed by atoms with Gasteiger partial charge in [-0.05, 0) is 44.0 Å². The van der Waals surface area contributed by atoms with Crippen molar-refractivity contribution in [2.24, 2.45) is 0 Å². The summed E-state index contributed by atoms with van der Waals surface area (Å²) in [6, 6.07) is 5.48. The average molecular weight is 409 g/mol. The number of aromatic nitrogens is 1. The van der Waals surface area contributed by atoms with Gasteiger partial charge in [-0.3, -0.25) is 9.59 Å². The van der Waals surface area contributed by atoms with E-state index in [-0.39, 0.29) is 24.0 Å². The summed E-state index contributed by atoms with van der Waals surface area (Å²) in [6.45, 7) is 1.47. The maximum Gasteiger partial charge on any atom is 0.416 e. The zero-order valence-electron chi connectivity index (χ0n) is 16.0. The molecule has 1 fully saturated rings. The molecule has 0 atom stereocenters. The zero-order chi connectivity index (χ0) is 21.0. The molecule has 1 aliphatic rings. The fraction of sp³-hybridized carbons (Fsp3) is 0.450. The van der Waals surface area contributed by atoms with Crippen LogP contribution >= 0.6 is 0 Å². The van der Waals surface area contributed by atoms with Gasteiger partial charge >= 0.3 is 6.18 Å². The van der Waals surface area contributed by atoms with Crippen LogP contribution in [0.5, 0.6) is 0 Å². The minimum atomic E-state index is -4.47. The van der Waals surface area contributed by atoms with E-state index in [1.807, 2.05) is 0 Å². The summed E-state index contributed by atoms with van der Waals surface area (Å²) in [5.74, 6) is -0.121. The van der Waals surface area contributed by atoms with Gasteiger partial charge < -0.3 is 14.7 Å². The van der Waals surface area contributed by atoms with E-state index in [4.69, 9.17) is 4.52 Å². The SMILES string of the molecule is Cc1cc(NC(=O)CN(C(=O)c2ccc(C(F)(F)F)cc2)C2CCCCC2)no1. The summed E-state index contributed by atoms with van der Waals surface area (Å²) < 4.78 is 43.3. The van der Waals surface area contributed by atoms with Crippen LogP contribution in [0.1, 0.15) is 53.8 Å². The number of nitrogens with one attached hydrogen (secondary N) is 1. The van der Waals surface area contributed by atoms with Gasteiger partial charge in [0.1, 0.15) is 12.3 Å². The first-order chi connectivity index (χ1) is 13.7. The highest BCUT2D eigenvalue weighted by molar-refractivity contribution is 5.99. The summed E-state index contributed by atoms with van der Waals surface area (Å²) in [6.07, 6.45) is -0.0357. The van der Waals surface area contributed by atoms with E-state index >= 15 is 0 Å². The van der Waals surface area contributed by atoms with Gasteiger partial charge in [0, 0.05) is 17.7 Å². The molecule has 2 aromatic rings. The van der Waals surface area contributed by atoms with Crippen molar-refractivity contribution in [2.75, 3.05) is 11.9 Å². The third-order valence-corrected chi connectivity index (χ3v) is 4.94. The van der Waals surface area contributed by atoms with Gasteiger partial charge in [-0.15, -0.1) is 0 Å². The number of alkyl halides is 3. The maximum atomic E-state index is 13.0. The smallest absolute Gasteiger partial charge is 0.360 e. The van der Waals surface area contributed by atoms with Crippen LogP contribution < -0.4 is 5.32 Å². The molecule has 29 heavy (non-hydrogen) atoms. The van der Waals surface area contributed by atoms with E-state index in [9.17, 15) is 22.8 Å². The van der Waals surface area contributed by atoms with Crippen LogP contribution in [0.25, 0.3) is 0 Å². The molecule has 9 heteroatoms. The Morgan fingerprint density at radius 2 is 1.83 bits per heavy atom. The van der Waals surface area contributed by atoms with Crippen LogP contribution in [0.2, 0.25) is 0 Å². The van der Waals surface area contributed by atoms with Crippen LogP contribution in [0.3, 0.4) is 0 Å². The highest BCUT2D eigenvalue weighted by atomic mass is 19.4. The van der Waals surface area contributed by atoms with Gasteiger partial charge in [-0.2, -0.15) is 13.2 Å². The number of carbonyl (C=O) groups excluding carboxylic acids is 2. The first-order valence-corrected chi connectivity index (χ1v) is 9.45. The number of nitrogens with zero attached hydrogens (tertiary/aromatic N) is 2. The van der Waals surface area contributed by atoms with Crippen molar-refractivity contribution >= 4 is 17.6 Å². The fourth-order valence-electron chi connectivity index (χ4n) is 3.49. The van der Waals surface area contributed by atoms with E-state index in [1.54, 1.807) is 13.0 Å². The quantitative estimate of drug-likeness (QED) is 0.794. The summed E-state index contributed by atoms with van der Waals surface area (Å²) in [4.78, 5) is 26.9. The van der Waals surface area contributed by atoms with Crippen LogP contribution in [-0.4, -0.2) is 34.5 Å². The first kappa shape index (κ1) is 20.9. The average Bonchev–Trinajstić information content (AvgIpc) is 3.10. The molecule has 2 amide bonds. The lowest BCUT2D eigenvalue weighted by Gasteiger charge is -2.34. The van der Waals surface area contributed by atoms with Crippen molar-refractivity contribution < 1.29 is 27.3 Å². The fourth-order valence-corrected chi connectivity index (χ4v) is 3.49. The maximum absolute atomic E-state index is 13.0. The lowest BCUT2D eigenvalue weighted by molar-refractivity contribution is -0.137. The molecule has 0 spiro atoms. The Bertz CT molecular complexity index is 856. The lowest BCUT2D eigenvalue weighted by atomic mass is 9.93. The van der Waals surface area contributed by atoms with Crippen molar-refractivity contribution in [2.45, 2.75) is 51.2 Å². The third kappa shape index (κ3) is 5.36. The number of benzene rings is 1. The molecule has 0 aliphatic heterocycles.